The Kier molecular flexibility index (Phi) is 3.59. The molecule has 0 unspecified atom stereocenters. The minimum atomic E-state index is 0.652. The van der Waals surface area contributed by atoms with E-state index in [0.717, 1.165) is 22.6 Å². The first-order chi connectivity index (χ1) is 6.90. The first kappa shape index (κ1) is 10.2. The van der Waals surface area contributed by atoms with Crippen LogP contribution in [0.3, 0.4) is 0 Å². The summed E-state index contributed by atoms with van der Waals surface area (Å²) in [5.74, 6) is 2.80. The molecule has 0 fully saturated rings. The van der Waals surface area contributed by atoms with E-state index in [0.29, 0.717) is 13.2 Å². The van der Waals surface area contributed by atoms with Crippen LogP contribution in [0.4, 0.5) is 0 Å². The zero-order valence-electron chi connectivity index (χ0n) is 7.66. The molecule has 0 spiro atoms. The van der Waals surface area contributed by atoms with Gasteiger partial charge in [-0.05, 0) is 18.2 Å². The third-order valence-electron chi connectivity index (χ3n) is 1.86. The zero-order valence-corrected chi connectivity index (χ0v) is 10.1. The van der Waals surface area contributed by atoms with Crippen LogP contribution >= 0.6 is 27.7 Å². The summed E-state index contributed by atoms with van der Waals surface area (Å²) in [5.41, 5.74) is 0. The number of fused-ring (bicyclic) bond motifs is 1. The van der Waals surface area contributed by atoms with Gasteiger partial charge in [0.15, 0.2) is 11.5 Å². The van der Waals surface area contributed by atoms with Crippen molar-refractivity contribution < 1.29 is 9.47 Å². The Labute approximate surface area is 96.1 Å². The van der Waals surface area contributed by atoms with E-state index in [1.165, 1.54) is 4.90 Å². The quantitative estimate of drug-likeness (QED) is 0.624. The highest BCUT2D eigenvalue weighted by atomic mass is 79.9. The molecule has 0 aromatic heterocycles. The molecule has 0 saturated heterocycles. The highest BCUT2D eigenvalue weighted by Crippen LogP contribution is 2.34. The third kappa shape index (κ3) is 2.36. The Hall–Kier alpha value is -0.350. The van der Waals surface area contributed by atoms with Gasteiger partial charge in [-0.1, -0.05) is 15.9 Å². The Morgan fingerprint density at radius 1 is 1.21 bits per heavy atom. The van der Waals surface area contributed by atoms with Crippen LogP contribution in [0.25, 0.3) is 0 Å². The van der Waals surface area contributed by atoms with Crippen molar-refractivity contribution in [3.63, 3.8) is 0 Å². The van der Waals surface area contributed by atoms with Gasteiger partial charge in [-0.25, -0.2) is 0 Å². The molecule has 2 rings (SSSR count). The molecular weight excluding hydrogens is 264 g/mol. The lowest BCUT2D eigenvalue weighted by Gasteiger charge is -2.18. The summed E-state index contributed by atoms with van der Waals surface area (Å²) in [6.45, 7) is 1.31. The molecule has 0 radical (unpaired) electrons. The van der Waals surface area contributed by atoms with Crippen molar-refractivity contribution in [2.45, 2.75) is 4.90 Å². The second kappa shape index (κ2) is 4.94. The molecule has 0 aliphatic carbocycles. The molecule has 76 valence electrons. The van der Waals surface area contributed by atoms with Gasteiger partial charge in [-0.15, -0.1) is 11.8 Å². The van der Waals surface area contributed by atoms with Crippen molar-refractivity contribution in [1.82, 2.24) is 0 Å². The highest BCUT2D eigenvalue weighted by molar-refractivity contribution is 9.09. The minimum Gasteiger partial charge on any atom is -0.486 e. The fourth-order valence-corrected chi connectivity index (χ4v) is 2.42. The molecule has 1 aromatic carbocycles. The summed E-state index contributed by atoms with van der Waals surface area (Å²) in [4.78, 5) is 1.23. The molecule has 1 heterocycles. The van der Waals surface area contributed by atoms with Crippen LogP contribution in [0.2, 0.25) is 0 Å². The number of ether oxygens (including phenoxy) is 2. The number of rotatable bonds is 3. The van der Waals surface area contributed by atoms with Gasteiger partial charge in [0.2, 0.25) is 0 Å². The maximum Gasteiger partial charge on any atom is 0.162 e. The molecule has 1 aliphatic heterocycles. The van der Waals surface area contributed by atoms with Crippen molar-refractivity contribution in [2.75, 3.05) is 24.3 Å². The van der Waals surface area contributed by atoms with E-state index < -0.39 is 0 Å². The molecule has 0 bridgehead atoms. The van der Waals surface area contributed by atoms with Gasteiger partial charge in [-0.3, -0.25) is 0 Å². The largest absolute Gasteiger partial charge is 0.486 e. The first-order valence-corrected chi connectivity index (χ1v) is 6.59. The van der Waals surface area contributed by atoms with Gasteiger partial charge >= 0.3 is 0 Å². The second-order valence-electron chi connectivity index (χ2n) is 2.84. The number of halogens is 1. The fraction of sp³-hybridized carbons (Fsp3) is 0.400. The molecule has 1 aliphatic rings. The van der Waals surface area contributed by atoms with Crippen molar-refractivity contribution in [1.29, 1.82) is 0 Å². The highest BCUT2D eigenvalue weighted by Gasteiger charge is 2.11. The second-order valence-corrected chi connectivity index (χ2v) is 4.80. The van der Waals surface area contributed by atoms with Gasteiger partial charge in [0.1, 0.15) is 13.2 Å². The van der Waals surface area contributed by atoms with E-state index >= 15 is 0 Å². The number of benzene rings is 1. The predicted octanol–water partition coefficient (Wildman–Crippen LogP) is 2.94. The van der Waals surface area contributed by atoms with E-state index in [4.69, 9.17) is 9.47 Å². The number of hydrogen-bond acceptors (Lipinski definition) is 3. The van der Waals surface area contributed by atoms with Crippen LogP contribution in [0.15, 0.2) is 23.1 Å². The summed E-state index contributed by atoms with van der Waals surface area (Å²) in [6.07, 6.45) is 0. The molecule has 1 aromatic rings. The summed E-state index contributed by atoms with van der Waals surface area (Å²) in [5, 5.41) is 1.01. The molecule has 14 heavy (non-hydrogen) atoms. The molecule has 0 amide bonds. The molecule has 0 saturated carbocycles. The minimum absolute atomic E-state index is 0.652. The topological polar surface area (TPSA) is 18.5 Å². The van der Waals surface area contributed by atoms with E-state index in [1.54, 1.807) is 0 Å². The van der Waals surface area contributed by atoms with Crippen LogP contribution in [0.5, 0.6) is 11.5 Å². The summed E-state index contributed by atoms with van der Waals surface area (Å²) >= 11 is 5.22. The SMILES string of the molecule is BrCCSc1ccc2c(c1)OCCO2. The average Bonchev–Trinajstić information content (AvgIpc) is 2.26. The maximum atomic E-state index is 5.49. The Bertz CT molecular complexity index is 317. The van der Waals surface area contributed by atoms with Crippen LogP contribution in [0, 0.1) is 0 Å². The monoisotopic (exact) mass is 274 g/mol. The molecule has 4 heteroatoms. The average molecular weight is 275 g/mol. The lowest BCUT2D eigenvalue weighted by molar-refractivity contribution is 0.171. The van der Waals surface area contributed by atoms with E-state index in [1.807, 2.05) is 23.9 Å². The van der Waals surface area contributed by atoms with Gasteiger partial charge in [-0.2, -0.15) is 0 Å². The van der Waals surface area contributed by atoms with Crippen LogP contribution in [-0.4, -0.2) is 24.3 Å². The summed E-state index contributed by atoms with van der Waals surface area (Å²) < 4.78 is 10.9. The van der Waals surface area contributed by atoms with Gasteiger partial charge in [0.25, 0.3) is 0 Å². The lowest BCUT2D eigenvalue weighted by atomic mass is 10.3. The Balaban J connectivity index is 2.12. The molecule has 2 nitrogen and oxygen atoms in total. The zero-order chi connectivity index (χ0) is 9.80. The van der Waals surface area contributed by atoms with E-state index in [9.17, 15) is 0 Å². The third-order valence-corrected chi connectivity index (χ3v) is 3.78. The Morgan fingerprint density at radius 2 is 2.00 bits per heavy atom. The van der Waals surface area contributed by atoms with Crippen LogP contribution in [0.1, 0.15) is 0 Å². The predicted molar refractivity (Wildman–Crippen MR) is 62.0 cm³/mol. The molecule has 0 N–H and O–H groups in total. The standard InChI is InChI=1S/C10H11BrO2S/c11-3-6-14-8-1-2-9-10(7-8)13-5-4-12-9/h1-2,7H,3-6H2. The van der Waals surface area contributed by atoms with Crippen molar-refractivity contribution in [3.8, 4) is 11.5 Å². The maximum absolute atomic E-state index is 5.49. The normalized spacial score (nSPS) is 14.1. The summed E-state index contributed by atoms with van der Waals surface area (Å²) in [6, 6.07) is 6.09. The summed E-state index contributed by atoms with van der Waals surface area (Å²) in [7, 11) is 0. The van der Waals surface area contributed by atoms with Crippen molar-refractivity contribution in [2.24, 2.45) is 0 Å². The molecular formula is C10H11BrO2S. The Morgan fingerprint density at radius 3 is 2.79 bits per heavy atom. The van der Waals surface area contributed by atoms with E-state index in [2.05, 4.69) is 22.0 Å². The van der Waals surface area contributed by atoms with Gasteiger partial charge in [0, 0.05) is 16.0 Å². The smallest absolute Gasteiger partial charge is 0.162 e. The van der Waals surface area contributed by atoms with Gasteiger partial charge in [0.05, 0.1) is 0 Å². The first-order valence-electron chi connectivity index (χ1n) is 4.48. The number of hydrogen-bond donors (Lipinski definition) is 0. The lowest BCUT2D eigenvalue weighted by Crippen LogP contribution is -2.15. The van der Waals surface area contributed by atoms with Gasteiger partial charge < -0.3 is 9.47 Å². The molecule has 0 atom stereocenters. The number of alkyl halides is 1. The van der Waals surface area contributed by atoms with Crippen molar-refractivity contribution in [3.05, 3.63) is 18.2 Å². The fourth-order valence-electron chi connectivity index (χ4n) is 1.27. The van der Waals surface area contributed by atoms with E-state index in [-0.39, 0.29) is 0 Å². The van der Waals surface area contributed by atoms with Crippen LogP contribution in [-0.2, 0) is 0 Å². The van der Waals surface area contributed by atoms with Crippen LogP contribution < -0.4 is 9.47 Å². The van der Waals surface area contributed by atoms with Crippen molar-refractivity contribution >= 4 is 27.7 Å². The number of thioether (sulfide) groups is 1.